The van der Waals surface area contributed by atoms with Crippen molar-refractivity contribution in [3.8, 4) is 0 Å². The molecule has 4 nitrogen and oxygen atoms in total. The normalized spacial score (nSPS) is 32.1. The van der Waals surface area contributed by atoms with E-state index in [1.807, 2.05) is 0 Å². The highest BCUT2D eigenvalue weighted by atomic mass is 16.4. The van der Waals surface area contributed by atoms with Gasteiger partial charge in [0.1, 0.15) is 0 Å². The number of nitrogens with one attached hydrogen (secondary N) is 1. The van der Waals surface area contributed by atoms with Gasteiger partial charge in [-0.2, -0.15) is 0 Å². The van der Waals surface area contributed by atoms with Gasteiger partial charge in [-0.25, -0.2) is 0 Å². The number of allylic oxidation sites excluding steroid dienone is 2. The Labute approximate surface area is 94.7 Å². The largest absolute Gasteiger partial charge is 0.481 e. The van der Waals surface area contributed by atoms with Crippen molar-refractivity contribution in [2.45, 2.75) is 38.1 Å². The molecule has 1 unspecified atom stereocenters. The van der Waals surface area contributed by atoms with E-state index in [1.165, 1.54) is 0 Å². The van der Waals surface area contributed by atoms with E-state index in [0.717, 1.165) is 12.8 Å². The fourth-order valence-electron chi connectivity index (χ4n) is 2.33. The maximum absolute atomic E-state index is 11.6. The summed E-state index contributed by atoms with van der Waals surface area (Å²) in [6.07, 6.45) is 8.06. The Morgan fingerprint density at radius 2 is 2.12 bits per heavy atom. The number of amides is 1. The van der Waals surface area contributed by atoms with Crippen LogP contribution in [0.1, 0.15) is 32.1 Å². The molecule has 0 spiro atoms. The van der Waals surface area contributed by atoms with Crippen molar-refractivity contribution in [3.05, 3.63) is 12.2 Å². The summed E-state index contributed by atoms with van der Waals surface area (Å²) in [5.41, 5.74) is 0. The molecule has 88 valence electrons. The van der Waals surface area contributed by atoms with Crippen LogP contribution in [0.3, 0.4) is 0 Å². The Morgan fingerprint density at radius 3 is 2.69 bits per heavy atom. The number of hydrogen-bond donors (Lipinski definition) is 2. The van der Waals surface area contributed by atoms with Crippen LogP contribution in [0.15, 0.2) is 12.2 Å². The maximum atomic E-state index is 11.6. The molecule has 1 saturated carbocycles. The Bertz CT molecular complexity index is 318. The van der Waals surface area contributed by atoms with Gasteiger partial charge in [0.05, 0.1) is 5.92 Å². The summed E-state index contributed by atoms with van der Waals surface area (Å²) in [6, 6.07) is 0.0824. The molecule has 0 radical (unpaired) electrons. The number of rotatable bonds is 4. The number of aliphatic carboxylic acids is 1. The van der Waals surface area contributed by atoms with Crippen LogP contribution in [0, 0.1) is 11.8 Å². The summed E-state index contributed by atoms with van der Waals surface area (Å²) in [7, 11) is 0. The molecule has 0 aliphatic heterocycles. The number of hydrogen-bond acceptors (Lipinski definition) is 2. The third-order valence-corrected chi connectivity index (χ3v) is 3.41. The Balaban J connectivity index is 1.65. The average molecular weight is 223 g/mol. The van der Waals surface area contributed by atoms with Crippen LogP contribution in [0.5, 0.6) is 0 Å². The smallest absolute Gasteiger partial charge is 0.306 e. The second-order valence-corrected chi connectivity index (χ2v) is 4.74. The number of carboxylic acid groups (broad SMARTS) is 1. The molecule has 2 N–H and O–H groups in total. The first-order valence-electron chi connectivity index (χ1n) is 5.84. The third kappa shape index (κ3) is 2.62. The molecule has 0 aromatic rings. The lowest BCUT2D eigenvalue weighted by Gasteiger charge is -2.33. The van der Waals surface area contributed by atoms with E-state index in [1.54, 1.807) is 0 Å². The van der Waals surface area contributed by atoms with E-state index in [4.69, 9.17) is 5.11 Å². The lowest BCUT2D eigenvalue weighted by Crippen LogP contribution is -2.46. The molecule has 4 heteroatoms. The fraction of sp³-hybridized carbons (Fsp3) is 0.667. The SMILES string of the molecule is O=C(CC1C=CCC1)NC1CC(C(=O)O)C1. The molecule has 0 aromatic heterocycles. The summed E-state index contributed by atoms with van der Waals surface area (Å²) >= 11 is 0. The zero-order chi connectivity index (χ0) is 11.5. The molecule has 1 amide bonds. The molecule has 2 aliphatic rings. The van der Waals surface area contributed by atoms with E-state index >= 15 is 0 Å². The summed E-state index contributed by atoms with van der Waals surface area (Å²) < 4.78 is 0. The van der Waals surface area contributed by atoms with E-state index in [9.17, 15) is 9.59 Å². The van der Waals surface area contributed by atoms with Crippen molar-refractivity contribution in [2.24, 2.45) is 11.8 Å². The lowest BCUT2D eigenvalue weighted by atomic mass is 9.80. The van der Waals surface area contributed by atoms with Crippen LogP contribution in [0.4, 0.5) is 0 Å². The lowest BCUT2D eigenvalue weighted by molar-refractivity contribution is -0.146. The van der Waals surface area contributed by atoms with Gasteiger partial charge in [0.15, 0.2) is 0 Å². The van der Waals surface area contributed by atoms with Crippen LogP contribution < -0.4 is 5.32 Å². The molecular formula is C12H17NO3. The fourth-order valence-corrected chi connectivity index (χ4v) is 2.33. The predicted molar refractivity (Wildman–Crippen MR) is 58.8 cm³/mol. The first-order chi connectivity index (χ1) is 7.65. The minimum absolute atomic E-state index is 0.0605. The van der Waals surface area contributed by atoms with E-state index < -0.39 is 5.97 Å². The predicted octanol–water partition coefficient (Wildman–Crippen LogP) is 1.32. The van der Waals surface area contributed by atoms with E-state index in [0.29, 0.717) is 25.2 Å². The highest BCUT2D eigenvalue weighted by Crippen LogP contribution is 2.28. The van der Waals surface area contributed by atoms with E-state index in [-0.39, 0.29) is 17.9 Å². The second-order valence-electron chi connectivity index (χ2n) is 4.74. The van der Waals surface area contributed by atoms with Gasteiger partial charge in [-0.1, -0.05) is 12.2 Å². The minimum atomic E-state index is -0.746. The van der Waals surface area contributed by atoms with Gasteiger partial charge in [0, 0.05) is 12.5 Å². The van der Waals surface area contributed by atoms with Crippen molar-refractivity contribution in [1.29, 1.82) is 0 Å². The molecule has 0 aromatic carbocycles. The van der Waals surface area contributed by atoms with Gasteiger partial charge in [-0.05, 0) is 31.6 Å². The van der Waals surface area contributed by atoms with Crippen LogP contribution in [-0.4, -0.2) is 23.0 Å². The standard InChI is InChI=1S/C12H17NO3/c14-11(5-8-3-1-2-4-8)13-10-6-9(7-10)12(15)16/h1,3,8-10H,2,4-7H2,(H,13,14)(H,15,16). The zero-order valence-electron chi connectivity index (χ0n) is 9.19. The Hall–Kier alpha value is -1.32. The van der Waals surface area contributed by atoms with Crippen LogP contribution in [0.2, 0.25) is 0 Å². The molecule has 0 bridgehead atoms. The first-order valence-corrected chi connectivity index (χ1v) is 5.84. The number of carbonyl (C=O) groups is 2. The minimum Gasteiger partial charge on any atom is -0.481 e. The average Bonchev–Trinajstić information content (AvgIpc) is 2.62. The molecule has 2 rings (SSSR count). The Morgan fingerprint density at radius 1 is 1.38 bits per heavy atom. The van der Waals surface area contributed by atoms with Crippen molar-refractivity contribution < 1.29 is 14.7 Å². The van der Waals surface area contributed by atoms with Gasteiger partial charge in [0.2, 0.25) is 5.91 Å². The van der Waals surface area contributed by atoms with Gasteiger partial charge >= 0.3 is 5.97 Å². The van der Waals surface area contributed by atoms with Crippen molar-refractivity contribution in [2.75, 3.05) is 0 Å². The summed E-state index contributed by atoms with van der Waals surface area (Å²) in [4.78, 5) is 22.2. The zero-order valence-corrected chi connectivity index (χ0v) is 9.19. The van der Waals surface area contributed by atoms with Gasteiger partial charge in [-0.3, -0.25) is 9.59 Å². The van der Waals surface area contributed by atoms with Crippen molar-refractivity contribution >= 4 is 11.9 Å². The first kappa shape index (κ1) is 11.2. The Kier molecular flexibility index (Phi) is 3.27. The van der Waals surface area contributed by atoms with Crippen molar-refractivity contribution in [1.82, 2.24) is 5.32 Å². The summed E-state index contributed by atoms with van der Waals surface area (Å²) in [6.45, 7) is 0. The number of carbonyl (C=O) groups excluding carboxylic acids is 1. The van der Waals surface area contributed by atoms with Gasteiger partial charge < -0.3 is 10.4 Å². The molecule has 2 aliphatic carbocycles. The molecule has 1 fully saturated rings. The van der Waals surface area contributed by atoms with Crippen LogP contribution in [0.25, 0.3) is 0 Å². The quantitative estimate of drug-likeness (QED) is 0.706. The second kappa shape index (κ2) is 4.68. The summed E-state index contributed by atoms with van der Waals surface area (Å²) in [5.74, 6) is -0.554. The molecule has 0 saturated heterocycles. The summed E-state index contributed by atoms with van der Waals surface area (Å²) in [5, 5.41) is 11.6. The van der Waals surface area contributed by atoms with Gasteiger partial charge in [-0.15, -0.1) is 0 Å². The van der Waals surface area contributed by atoms with Crippen molar-refractivity contribution in [3.63, 3.8) is 0 Å². The van der Waals surface area contributed by atoms with E-state index in [2.05, 4.69) is 17.5 Å². The van der Waals surface area contributed by atoms with Gasteiger partial charge in [0.25, 0.3) is 0 Å². The molecular weight excluding hydrogens is 206 g/mol. The topological polar surface area (TPSA) is 66.4 Å². The van der Waals surface area contributed by atoms with Crippen LogP contribution >= 0.6 is 0 Å². The monoisotopic (exact) mass is 223 g/mol. The molecule has 0 heterocycles. The highest BCUT2D eigenvalue weighted by molar-refractivity contribution is 5.78. The molecule has 16 heavy (non-hydrogen) atoms. The molecule has 1 atom stereocenters. The maximum Gasteiger partial charge on any atom is 0.306 e. The highest BCUT2D eigenvalue weighted by Gasteiger charge is 2.35. The third-order valence-electron chi connectivity index (χ3n) is 3.41. The number of carboxylic acids is 1. The van der Waals surface area contributed by atoms with Crippen LogP contribution in [-0.2, 0) is 9.59 Å².